The zero-order chi connectivity index (χ0) is 20.1. The van der Waals surface area contributed by atoms with E-state index in [1.54, 1.807) is 13.8 Å². The van der Waals surface area contributed by atoms with E-state index in [1.165, 1.54) is 4.90 Å². The molecule has 0 saturated heterocycles. The van der Waals surface area contributed by atoms with Gasteiger partial charge in [0.2, 0.25) is 6.41 Å². The van der Waals surface area contributed by atoms with Crippen LogP contribution in [-0.2, 0) is 16.1 Å². The molecule has 0 saturated carbocycles. The third kappa shape index (κ3) is 4.06. The maximum Gasteiger partial charge on any atom is 0.326 e. The van der Waals surface area contributed by atoms with Crippen LogP contribution >= 0.6 is 0 Å². The number of nitrogens with one attached hydrogen (secondary N) is 1. The van der Waals surface area contributed by atoms with E-state index in [4.69, 9.17) is 0 Å². The zero-order valence-corrected chi connectivity index (χ0v) is 15.6. The first-order valence-electron chi connectivity index (χ1n) is 8.87. The van der Waals surface area contributed by atoms with E-state index < -0.39 is 12.0 Å². The zero-order valence-electron chi connectivity index (χ0n) is 15.6. The SMILES string of the molecule is CC(C)C(C(=O)O)N(C=O)Cc1ccc(-c2ccccc2-c2nnn[nH]2)cc1. The summed E-state index contributed by atoms with van der Waals surface area (Å²) in [5.41, 5.74) is 3.65. The second-order valence-corrected chi connectivity index (χ2v) is 6.80. The largest absolute Gasteiger partial charge is 0.480 e. The second kappa shape index (κ2) is 8.43. The van der Waals surface area contributed by atoms with Gasteiger partial charge >= 0.3 is 5.97 Å². The molecule has 0 bridgehead atoms. The molecule has 1 atom stereocenters. The number of hydrogen-bond donors (Lipinski definition) is 2. The summed E-state index contributed by atoms with van der Waals surface area (Å²) in [6, 6.07) is 14.5. The lowest BCUT2D eigenvalue weighted by Crippen LogP contribution is -2.43. The van der Waals surface area contributed by atoms with Crippen LogP contribution in [0.15, 0.2) is 48.5 Å². The molecule has 2 N–H and O–H groups in total. The molecule has 3 rings (SSSR count). The smallest absolute Gasteiger partial charge is 0.326 e. The lowest BCUT2D eigenvalue weighted by atomic mass is 9.98. The molecule has 2 aromatic carbocycles. The highest BCUT2D eigenvalue weighted by Gasteiger charge is 2.27. The summed E-state index contributed by atoms with van der Waals surface area (Å²) in [6.07, 6.45) is 0.596. The van der Waals surface area contributed by atoms with Crippen LogP contribution in [0, 0.1) is 5.92 Å². The Morgan fingerprint density at radius 3 is 2.36 bits per heavy atom. The number of aliphatic carboxylic acids is 1. The molecule has 1 amide bonds. The fourth-order valence-corrected chi connectivity index (χ4v) is 3.23. The number of aromatic amines is 1. The van der Waals surface area contributed by atoms with Crippen LogP contribution in [0.25, 0.3) is 22.5 Å². The molecule has 0 spiro atoms. The lowest BCUT2D eigenvalue weighted by molar-refractivity contribution is -0.148. The Morgan fingerprint density at radius 2 is 1.82 bits per heavy atom. The average Bonchev–Trinajstić information content (AvgIpc) is 3.22. The summed E-state index contributed by atoms with van der Waals surface area (Å²) in [7, 11) is 0. The van der Waals surface area contributed by atoms with E-state index in [0.29, 0.717) is 12.2 Å². The van der Waals surface area contributed by atoms with Gasteiger partial charge < -0.3 is 10.0 Å². The first-order chi connectivity index (χ1) is 13.5. The van der Waals surface area contributed by atoms with E-state index in [1.807, 2.05) is 48.5 Å². The van der Waals surface area contributed by atoms with Crippen molar-refractivity contribution in [2.45, 2.75) is 26.4 Å². The van der Waals surface area contributed by atoms with Crippen molar-refractivity contribution in [3.63, 3.8) is 0 Å². The van der Waals surface area contributed by atoms with Crippen LogP contribution in [0.5, 0.6) is 0 Å². The van der Waals surface area contributed by atoms with Gasteiger partial charge in [-0.1, -0.05) is 62.4 Å². The molecule has 0 aliphatic heterocycles. The maximum absolute atomic E-state index is 11.5. The Kier molecular flexibility index (Phi) is 5.78. The molecular weight excluding hydrogens is 358 g/mol. The van der Waals surface area contributed by atoms with Crippen molar-refractivity contribution in [2.75, 3.05) is 0 Å². The topological polar surface area (TPSA) is 112 Å². The number of aromatic nitrogens is 4. The molecule has 0 aliphatic carbocycles. The molecule has 0 radical (unpaired) electrons. The molecule has 8 nitrogen and oxygen atoms in total. The number of amides is 1. The van der Waals surface area contributed by atoms with Gasteiger partial charge in [-0.2, -0.15) is 0 Å². The van der Waals surface area contributed by atoms with Crippen molar-refractivity contribution < 1.29 is 14.7 Å². The number of benzene rings is 2. The summed E-state index contributed by atoms with van der Waals surface area (Å²) >= 11 is 0. The minimum absolute atomic E-state index is 0.190. The van der Waals surface area contributed by atoms with E-state index >= 15 is 0 Å². The van der Waals surface area contributed by atoms with Gasteiger partial charge in [0.1, 0.15) is 6.04 Å². The predicted molar refractivity (Wildman–Crippen MR) is 103 cm³/mol. The molecule has 144 valence electrons. The lowest BCUT2D eigenvalue weighted by Gasteiger charge is -2.28. The number of carboxylic acids is 1. The average molecular weight is 379 g/mol. The van der Waals surface area contributed by atoms with Crippen LogP contribution in [0.2, 0.25) is 0 Å². The Morgan fingerprint density at radius 1 is 1.14 bits per heavy atom. The third-order valence-corrected chi connectivity index (χ3v) is 4.53. The normalized spacial score (nSPS) is 12.0. The van der Waals surface area contributed by atoms with Crippen molar-refractivity contribution in [1.82, 2.24) is 25.5 Å². The van der Waals surface area contributed by atoms with Crippen LogP contribution in [0.4, 0.5) is 0 Å². The molecule has 1 heterocycles. The molecule has 1 unspecified atom stereocenters. The number of carbonyl (C=O) groups is 2. The minimum Gasteiger partial charge on any atom is -0.480 e. The quantitative estimate of drug-likeness (QED) is 0.582. The fourth-order valence-electron chi connectivity index (χ4n) is 3.23. The highest BCUT2D eigenvalue weighted by molar-refractivity contribution is 5.80. The fraction of sp³-hybridized carbons (Fsp3) is 0.250. The first-order valence-corrected chi connectivity index (χ1v) is 8.87. The van der Waals surface area contributed by atoms with Gasteiger partial charge in [0.05, 0.1) is 0 Å². The Bertz CT molecular complexity index is 939. The Hall–Kier alpha value is -3.55. The molecule has 3 aromatic rings. The van der Waals surface area contributed by atoms with E-state index in [9.17, 15) is 14.7 Å². The van der Waals surface area contributed by atoms with Crippen molar-refractivity contribution in [3.8, 4) is 22.5 Å². The molecular formula is C20H21N5O3. The summed E-state index contributed by atoms with van der Waals surface area (Å²) in [6.45, 7) is 3.80. The number of carbonyl (C=O) groups excluding carboxylic acids is 1. The summed E-state index contributed by atoms with van der Waals surface area (Å²) in [5, 5.41) is 23.4. The molecule has 0 aliphatic rings. The van der Waals surface area contributed by atoms with Gasteiger partial charge in [0, 0.05) is 12.1 Å². The van der Waals surface area contributed by atoms with Crippen LogP contribution in [0.3, 0.4) is 0 Å². The van der Waals surface area contributed by atoms with Crippen molar-refractivity contribution in [3.05, 3.63) is 54.1 Å². The summed E-state index contributed by atoms with van der Waals surface area (Å²) in [4.78, 5) is 24.3. The molecule has 0 fully saturated rings. The Labute approximate surface area is 162 Å². The van der Waals surface area contributed by atoms with Gasteiger partial charge in [0.15, 0.2) is 5.82 Å². The molecule has 1 aromatic heterocycles. The van der Waals surface area contributed by atoms with Gasteiger partial charge in [-0.15, -0.1) is 5.10 Å². The highest BCUT2D eigenvalue weighted by atomic mass is 16.4. The monoisotopic (exact) mass is 379 g/mol. The van der Waals surface area contributed by atoms with Gasteiger partial charge in [-0.3, -0.25) is 4.79 Å². The van der Waals surface area contributed by atoms with E-state index in [2.05, 4.69) is 20.6 Å². The van der Waals surface area contributed by atoms with Crippen molar-refractivity contribution in [1.29, 1.82) is 0 Å². The van der Waals surface area contributed by atoms with Crippen LogP contribution < -0.4 is 0 Å². The second-order valence-electron chi connectivity index (χ2n) is 6.80. The van der Waals surface area contributed by atoms with Crippen molar-refractivity contribution >= 4 is 12.4 Å². The predicted octanol–water partition coefficient (Wildman–Crippen LogP) is 2.60. The number of H-pyrrole nitrogens is 1. The third-order valence-electron chi connectivity index (χ3n) is 4.53. The van der Waals surface area contributed by atoms with E-state index in [-0.39, 0.29) is 12.5 Å². The number of carboxylic acid groups (broad SMARTS) is 1. The number of nitrogens with zero attached hydrogens (tertiary/aromatic N) is 4. The standard InChI is InChI=1S/C20H21N5O3/c1-13(2)18(20(27)28)25(12-26)11-14-7-9-15(10-8-14)16-5-3-4-6-17(16)19-21-23-24-22-19/h3-10,12-13,18H,11H2,1-2H3,(H,27,28)(H,21,22,23,24). The van der Waals surface area contributed by atoms with Crippen LogP contribution in [-0.4, -0.2) is 49.1 Å². The minimum atomic E-state index is -1.01. The van der Waals surface area contributed by atoms with E-state index in [0.717, 1.165) is 22.3 Å². The summed E-state index contributed by atoms with van der Waals surface area (Å²) in [5.74, 6) is -0.620. The van der Waals surface area contributed by atoms with Crippen LogP contribution in [0.1, 0.15) is 19.4 Å². The number of tetrazole rings is 1. The number of hydrogen-bond acceptors (Lipinski definition) is 5. The van der Waals surface area contributed by atoms with Gasteiger partial charge in [-0.25, -0.2) is 9.89 Å². The van der Waals surface area contributed by atoms with Gasteiger partial charge in [-0.05, 0) is 33.0 Å². The molecule has 8 heteroatoms. The molecule has 28 heavy (non-hydrogen) atoms. The van der Waals surface area contributed by atoms with Crippen molar-refractivity contribution in [2.24, 2.45) is 5.92 Å². The van der Waals surface area contributed by atoms with Gasteiger partial charge in [0.25, 0.3) is 0 Å². The number of rotatable bonds is 8. The maximum atomic E-state index is 11.5. The summed E-state index contributed by atoms with van der Waals surface area (Å²) < 4.78 is 0. The highest BCUT2D eigenvalue weighted by Crippen LogP contribution is 2.30. The first kappa shape index (κ1) is 19.2. The Balaban J connectivity index is 1.85.